The van der Waals surface area contributed by atoms with Crippen LogP contribution in [0.25, 0.3) is 32.8 Å². The van der Waals surface area contributed by atoms with Gasteiger partial charge in [0.2, 0.25) is 0 Å². The highest BCUT2D eigenvalue weighted by atomic mass is 35.5. The van der Waals surface area contributed by atoms with Crippen LogP contribution in [0.2, 0.25) is 5.02 Å². The Balaban J connectivity index is 1.78. The molecule has 0 bridgehead atoms. The van der Waals surface area contributed by atoms with Gasteiger partial charge < -0.3 is 10.1 Å². The van der Waals surface area contributed by atoms with Crippen LogP contribution in [0, 0.1) is 13.8 Å². The molecule has 184 valence electrons. The minimum Gasteiger partial charge on any atom is -0.463 e. The van der Waals surface area contributed by atoms with Crippen LogP contribution in [0.4, 0.5) is 5.69 Å². The average Bonchev–Trinajstić information content (AvgIpc) is 2.88. The minimum absolute atomic E-state index is 0.289. The van der Waals surface area contributed by atoms with Crippen LogP contribution in [0.5, 0.6) is 0 Å². The highest BCUT2D eigenvalue weighted by molar-refractivity contribution is 6.30. The summed E-state index contributed by atoms with van der Waals surface area (Å²) in [6.07, 6.45) is 0. The number of nitrogens with zero attached hydrogens (tertiary/aromatic N) is 2. The van der Waals surface area contributed by atoms with E-state index >= 15 is 0 Å². The zero-order valence-electron chi connectivity index (χ0n) is 21.1. The second-order valence-corrected chi connectivity index (χ2v) is 9.99. The first-order valence-corrected chi connectivity index (χ1v) is 12.8. The number of esters is 1. The molecule has 5 aromatic rings. The number of aryl methyl sites for hydroxylation is 2. The Morgan fingerprint density at radius 3 is 2.19 bits per heavy atom. The van der Waals surface area contributed by atoms with E-state index in [0.29, 0.717) is 10.6 Å². The first kappa shape index (κ1) is 23.4. The molecule has 0 radical (unpaired) electrons. The number of halogens is 1. The van der Waals surface area contributed by atoms with Crippen molar-refractivity contribution in [2.24, 2.45) is 0 Å². The van der Waals surface area contributed by atoms with E-state index in [1.54, 1.807) is 0 Å². The van der Waals surface area contributed by atoms with Crippen LogP contribution >= 0.6 is 11.6 Å². The van der Waals surface area contributed by atoms with Gasteiger partial charge >= 0.3 is 5.97 Å². The van der Waals surface area contributed by atoms with Crippen LogP contribution in [-0.2, 0) is 9.53 Å². The summed E-state index contributed by atoms with van der Waals surface area (Å²) in [7, 11) is 0. The number of carbonyl (C=O) groups is 1. The summed E-state index contributed by atoms with van der Waals surface area (Å²) in [5.74, 6) is -0.752. The number of hydrogen-bond donors (Lipinski definition) is 1. The van der Waals surface area contributed by atoms with Crippen LogP contribution < -0.4 is 5.32 Å². The fraction of sp³-hybridized carbons (Fsp3) is 0.194. The number of ether oxygens (including phenoxy) is 1. The molecule has 1 N–H and O–H groups in total. The standard InChI is InChI=1S/C31H26ClN3O2/c1-5-37-31(36)25-18(4)33-28-21-8-6-7-9-22(21)29-30(27(28)26(25)19-10-12-20(32)13-11-19)35-24-15-17(3)16(2)14-23(24)34-29/h6-15,26,33H,5H2,1-4H3. The van der Waals surface area contributed by atoms with Crippen LogP contribution in [-0.4, -0.2) is 22.5 Å². The fourth-order valence-corrected chi connectivity index (χ4v) is 5.48. The number of fused-ring (bicyclic) bond motifs is 7. The molecular formula is C31H26ClN3O2. The van der Waals surface area contributed by atoms with E-state index in [2.05, 4.69) is 43.4 Å². The molecule has 0 spiro atoms. The van der Waals surface area contributed by atoms with E-state index in [-0.39, 0.29) is 12.6 Å². The van der Waals surface area contributed by atoms with E-state index in [0.717, 1.165) is 60.9 Å². The maximum absolute atomic E-state index is 13.4. The van der Waals surface area contributed by atoms with Gasteiger partial charge in [-0.1, -0.05) is 48.0 Å². The predicted molar refractivity (Wildman–Crippen MR) is 150 cm³/mol. The molecule has 2 heterocycles. The summed E-state index contributed by atoms with van der Waals surface area (Å²) in [6.45, 7) is 8.21. The average molecular weight is 508 g/mol. The van der Waals surface area contributed by atoms with Gasteiger partial charge in [0.25, 0.3) is 0 Å². The first-order chi connectivity index (χ1) is 17.9. The molecule has 1 aliphatic rings. The molecule has 1 aliphatic heterocycles. The van der Waals surface area contributed by atoms with Crippen molar-refractivity contribution in [1.29, 1.82) is 0 Å². The summed E-state index contributed by atoms with van der Waals surface area (Å²) in [6, 6.07) is 20.0. The van der Waals surface area contributed by atoms with Gasteiger partial charge in [-0.3, -0.25) is 0 Å². The molecule has 5 nitrogen and oxygen atoms in total. The third kappa shape index (κ3) is 3.73. The Bertz CT molecular complexity index is 1770. The Hall–Kier alpha value is -3.96. The largest absolute Gasteiger partial charge is 0.463 e. The Morgan fingerprint density at radius 2 is 1.54 bits per heavy atom. The van der Waals surface area contributed by atoms with E-state index < -0.39 is 5.92 Å². The minimum atomic E-state index is -0.405. The van der Waals surface area contributed by atoms with Gasteiger partial charge in [-0.15, -0.1) is 0 Å². The lowest BCUT2D eigenvalue weighted by Gasteiger charge is -2.32. The van der Waals surface area contributed by atoms with E-state index in [1.165, 1.54) is 5.56 Å². The molecule has 0 amide bonds. The fourth-order valence-electron chi connectivity index (χ4n) is 5.36. The van der Waals surface area contributed by atoms with E-state index in [1.807, 2.05) is 50.2 Å². The Labute approximate surface area is 220 Å². The van der Waals surface area contributed by atoms with Crippen molar-refractivity contribution in [3.8, 4) is 0 Å². The van der Waals surface area contributed by atoms with Crippen molar-refractivity contribution < 1.29 is 9.53 Å². The molecule has 6 heteroatoms. The summed E-state index contributed by atoms with van der Waals surface area (Å²) >= 11 is 6.26. The van der Waals surface area contributed by atoms with Gasteiger partial charge in [-0.2, -0.15) is 0 Å². The zero-order chi connectivity index (χ0) is 25.8. The summed E-state index contributed by atoms with van der Waals surface area (Å²) in [4.78, 5) is 23.7. The number of aromatic nitrogens is 2. The summed E-state index contributed by atoms with van der Waals surface area (Å²) < 4.78 is 5.54. The van der Waals surface area contributed by atoms with Gasteiger partial charge in [-0.05, 0) is 68.7 Å². The first-order valence-electron chi connectivity index (χ1n) is 12.4. The normalized spacial score (nSPS) is 15.2. The monoisotopic (exact) mass is 507 g/mol. The molecule has 6 rings (SSSR count). The molecule has 37 heavy (non-hydrogen) atoms. The smallest absolute Gasteiger partial charge is 0.336 e. The molecule has 0 aliphatic carbocycles. The molecule has 1 unspecified atom stereocenters. The lowest BCUT2D eigenvalue weighted by molar-refractivity contribution is -0.138. The van der Waals surface area contributed by atoms with Crippen molar-refractivity contribution in [3.63, 3.8) is 0 Å². The Kier molecular flexibility index (Phi) is 5.61. The van der Waals surface area contributed by atoms with Gasteiger partial charge in [0.05, 0.1) is 39.9 Å². The number of benzene rings is 4. The summed E-state index contributed by atoms with van der Waals surface area (Å²) in [5.41, 5.74) is 9.71. The Morgan fingerprint density at radius 1 is 0.919 bits per heavy atom. The third-order valence-electron chi connectivity index (χ3n) is 7.25. The highest BCUT2D eigenvalue weighted by Crippen LogP contribution is 2.48. The van der Waals surface area contributed by atoms with Gasteiger partial charge in [0.1, 0.15) is 0 Å². The maximum atomic E-state index is 13.4. The van der Waals surface area contributed by atoms with Gasteiger partial charge in [-0.25, -0.2) is 14.8 Å². The second-order valence-electron chi connectivity index (χ2n) is 9.55. The number of carbonyl (C=O) groups excluding carboxylic acids is 1. The number of hydrogen-bond acceptors (Lipinski definition) is 5. The lowest BCUT2D eigenvalue weighted by Crippen LogP contribution is -2.25. The topological polar surface area (TPSA) is 64.1 Å². The van der Waals surface area contributed by atoms with Gasteiger partial charge in [0.15, 0.2) is 0 Å². The van der Waals surface area contributed by atoms with Crippen molar-refractivity contribution in [2.45, 2.75) is 33.6 Å². The molecule has 0 fully saturated rings. The SMILES string of the molecule is CCOC(=O)C1=C(C)Nc2c(c3nc4cc(C)c(C)cc4nc3c3ccccc23)C1c1ccc(Cl)cc1. The highest BCUT2D eigenvalue weighted by Gasteiger charge is 2.36. The van der Waals surface area contributed by atoms with Crippen LogP contribution in [0.15, 0.2) is 71.9 Å². The molecule has 0 saturated carbocycles. The molecule has 1 aromatic heterocycles. The van der Waals surface area contributed by atoms with Crippen molar-refractivity contribution >= 4 is 56.1 Å². The van der Waals surface area contributed by atoms with Crippen molar-refractivity contribution in [2.75, 3.05) is 11.9 Å². The predicted octanol–water partition coefficient (Wildman–Crippen LogP) is 7.60. The zero-order valence-corrected chi connectivity index (χ0v) is 21.9. The molecule has 4 aromatic carbocycles. The third-order valence-corrected chi connectivity index (χ3v) is 7.50. The number of nitrogens with one attached hydrogen (secondary N) is 1. The van der Waals surface area contributed by atoms with Crippen LogP contribution in [0.1, 0.15) is 42.0 Å². The quantitative estimate of drug-likeness (QED) is 0.155. The van der Waals surface area contributed by atoms with Crippen molar-refractivity contribution in [3.05, 3.63) is 99.2 Å². The molecular weight excluding hydrogens is 482 g/mol. The van der Waals surface area contributed by atoms with E-state index in [9.17, 15) is 4.79 Å². The summed E-state index contributed by atoms with van der Waals surface area (Å²) in [5, 5.41) is 6.23. The lowest BCUT2D eigenvalue weighted by atomic mass is 9.78. The number of anilines is 1. The maximum Gasteiger partial charge on any atom is 0.336 e. The number of allylic oxidation sites excluding steroid dienone is 1. The van der Waals surface area contributed by atoms with E-state index in [4.69, 9.17) is 26.3 Å². The van der Waals surface area contributed by atoms with Crippen LogP contribution in [0.3, 0.4) is 0 Å². The van der Waals surface area contributed by atoms with Gasteiger partial charge in [0, 0.05) is 33.0 Å². The molecule has 0 saturated heterocycles. The number of rotatable bonds is 3. The van der Waals surface area contributed by atoms with Crippen molar-refractivity contribution in [1.82, 2.24) is 9.97 Å². The second kappa shape index (κ2) is 8.86. The molecule has 1 atom stereocenters.